The van der Waals surface area contributed by atoms with Crippen molar-refractivity contribution >= 4 is 0 Å². The molecular formula is C12H25NO2. The van der Waals surface area contributed by atoms with Crippen LogP contribution in [0.1, 0.15) is 39.0 Å². The lowest BCUT2D eigenvalue weighted by Gasteiger charge is -2.29. The number of aliphatic hydroxyl groups excluding tert-OH is 1. The van der Waals surface area contributed by atoms with Crippen molar-refractivity contribution in [2.24, 2.45) is 5.92 Å². The van der Waals surface area contributed by atoms with E-state index >= 15 is 0 Å². The molecule has 3 atom stereocenters. The maximum Gasteiger partial charge on any atom is 0.0785 e. The molecule has 1 saturated carbocycles. The van der Waals surface area contributed by atoms with E-state index in [-0.39, 0.29) is 6.10 Å². The van der Waals surface area contributed by atoms with Crippen LogP contribution in [0.2, 0.25) is 0 Å². The lowest BCUT2D eigenvalue weighted by atomic mass is 9.86. The van der Waals surface area contributed by atoms with Gasteiger partial charge in [0, 0.05) is 13.2 Å². The number of ether oxygens (including phenoxy) is 1. The Morgan fingerprint density at radius 3 is 2.80 bits per heavy atom. The van der Waals surface area contributed by atoms with Crippen LogP contribution in [0.5, 0.6) is 0 Å². The molecule has 1 aliphatic carbocycles. The van der Waals surface area contributed by atoms with E-state index in [9.17, 15) is 5.11 Å². The van der Waals surface area contributed by atoms with Crippen LogP contribution in [0, 0.1) is 5.92 Å². The maximum atomic E-state index is 9.48. The zero-order valence-electron chi connectivity index (χ0n) is 10.0. The molecule has 15 heavy (non-hydrogen) atoms. The highest BCUT2D eigenvalue weighted by molar-refractivity contribution is 4.78. The summed E-state index contributed by atoms with van der Waals surface area (Å²) in [6, 6.07) is 0.661. The molecule has 0 spiro atoms. The second-order valence-electron chi connectivity index (χ2n) is 4.72. The van der Waals surface area contributed by atoms with Crippen molar-refractivity contribution < 1.29 is 9.84 Å². The molecule has 2 N–H and O–H groups in total. The summed E-state index contributed by atoms with van der Waals surface area (Å²) in [5.41, 5.74) is 0. The summed E-state index contributed by atoms with van der Waals surface area (Å²) in [6.07, 6.45) is 5.84. The predicted molar refractivity (Wildman–Crippen MR) is 61.9 cm³/mol. The fourth-order valence-corrected chi connectivity index (χ4v) is 2.33. The highest BCUT2D eigenvalue weighted by Gasteiger charge is 2.20. The lowest BCUT2D eigenvalue weighted by Crippen LogP contribution is -2.38. The van der Waals surface area contributed by atoms with E-state index in [2.05, 4.69) is 12.2 Å². The monoisotopic (exact) mass is 215 g/mol. The van der Waals surface area contributed by atoms with E-state index in [0.29, 0.717) is 12.6 Å². The zero-order valence-corrected chi connectivity index (χ0v) is 10.0. The lowest BCUT2D eigenvalue weighted by molar-refractivity contribution is 0.0582. The fourth-order valence-electron chi connectivity index (χ4n) is 2.33. The molecule has 0 radical (unpaired) electrons. The topological polar surface area (TPSA) is 41.5 Å². The molecule has 0 aromatic carbocycles. The highest BCUT2D eigenvalue weighted by atomic mass is 16.5. The van der Waals surface area contributed by atoms with Crippen LogP contribution in [0.4, 0.5) is 0 Å². The number of nitrogens with one attached hydrogen (secondary N) is 1. The van der Waals surface area contributed by atoms with E-state index in [1.54, 1.807) is 7.11 Å². The Labute approximate surface area is 93.2 Å². The first-order valence-electron chi connectivity index (χ1n) is 6.14. The largest absolute Gasteiger partial charge is 0.391 e. The standard InChI is InChI=1S/C12H25NO2/c1-10-5-3-4-6-12(10)13-8-7-11(14)9-15-2/h10-14H,3-9H2,1-2H3. The SMILES string of the molecule is COCC(O)CCNC1CCCCC1C. The van der Waals surface area contributed by atoms with Crippen molar-refractivity contribution in [3.8, 4) is 0 Å². The van der Waals surface area contributed by atoms with Gasteiger partial charge in [0.15, 0.2) is 0 Å². The molecule has 1 fully saturated rings. The average molecular weight is 215 g/mol. The van der Waals surface area contributed by atoms with Gasteiger partial charge in [0.1, 0.15) is 0 Å². The molecule has 1 aliphatic rings. The molecule has 0 amide bonds. The summed E-state index contributed by atoms with van der Waals surface area (Å²) in [5.74, 6) is 0.790. The van der Waals surface area contributed by atoms with Gasteiger partial charge in [-0.05, 0) is 31.7 Å². The second-order valence-corrected chi connectivity index (χ2v) is 4.72. The van der Waals surface area contributed by atoms with Gasteiger partial charge in [-0.2, -0.15) is 0 Å². The van der Waals surface area contributed by atoms with E-state index in [1.165, 1.54) is 25.7 Å². The van der Waals surface area contributed by atoms with Crippen molar-refractivity contribution in [3.63, 3.8) is 0 Å². The minimum atomic E-state index is -0.318. The van der Waals surface area contributed by atoms with Crippen LogP contribution >= 0.6 is 0 Å². The molecule has 0 aliphatic heterocycles. The van der Waals surface area contributed by atoms with Gasteiger partial charge in [0.2, 0.25) is 0 Å². The third-order valence-corrected chi connectivity index (χ3v) is 3.35. The van der Waals surface area contributed by atoms with Crippen molar-refractivity contribution in [2.45, 2.75) is 51.2 Å². The Morgan fingerprint density at radius 2 is 2.13 bits per heavy atom. The predicted octanol–water partition coefficient (Wildman–Crippen LogP) is 1.55. The molecule has 3 heteroatoms. The van der Waals surface area contributed by atoms with Crippen LogP contribution in [-0.2, 0) is 4.74 Å². The van der Waals surface area contributed by atoms with Crippen molar-refractivity contribution in [2.75, 3.05) is 20.3 Å². The van der Waals surface area contributed by atoms with Crippen molar-refractivity contribution in [1.82, 2.24) is 5.32 Å². The molecule has 0 heterocycles. The van der Waals surface area contributed by atoms with Crippen LogP contribution in [0.15, 0.2) is 0 Å². The van der Waals surface area contributed by atoms with E-state index < -0.39 is 0 Å². The number of hydrogen-bond donors (Lipinski definition) is 2. The van der Waals surface area contributed by atoms with Gasteiger partial charge in [-0.15, -0.1) is 0 Å². The summed E-state index contributed by atoms with van der Waals surface area (Å²) in [6.45, 7) is 3.67. The van der Waals surface area contributed by atoms with Gasteiger partial charge in [0.25, 0.3) is 0 Å². The minimum Gasteiger partial charge on any atom is -0.391 e. The molecule has 0 aromatic rings. The first-order valence-corrected chi connectivity index (χ1v) is 6.14. The summed E-state index contributed by atoms with van der Waals surface area (Å²) < 4.78 is 4.89. The van der Waals surface area contributed by atoms with E-state index in [0.717, 1.165) is 18.9 Å². The smallest absolute Gasteiger partial charge is 0.0785 e. The van der Waals surface area contributed by atoms with Crippen molar-refractivity contribution in [3.05, 3.63) is 0 Å². The molecule has 1 rings (SSSR count). The van der Waals surface area contributed by atoms with E-state index in [4.69, 9.17) is 4.74 Å². The molecule has 0 bridgehead atoms. The normalized spacial score (nSPS) is 29.0. The van der Waals surface area contributed by atoms with Crippen molar-refractivity contribution in [1.29, 1.82) is 0 Å². The van der Waals surface area contributed by atoms with Gasteiger partial charge < -0.3 is 15.2 Å². The Morgan fingerprint density at radius 1 is 1.40 bits per heavy atom. The molecular weight excluding hydrogens is 190 g/mol. The third kappa shape index (κ3) is 4.96. The van der Waals surface area contributed by atoms with Gasteiger partial charge >= 0.3 is 0 Å². The minimum absolute atomic E-state index is 0.318. The number of methoxy groups -OCH3 is 1. The first-order chi connectivity index (χ1) is 7.24. The average Bonchev–Trinajstić information content (AvgIpc) is 2.21. The Hall–Kier alpha value is -0.120. The molecule has 3 nitrogen and oxygen atoms in total. The van der Waals surface area contributed by atoms with Crippen LogP contribution in [0.3, 0.4) is 0 Å². The van der Waals surface area contributed by atoms with Gasteiger partial charge in [-0.1, -0.05) is 19.8 Å². The van der Waals surface area contributed by atoms with Gasteiger partial charge in [-0.25, -0.2) is 0 Å². The fraction of sp³-hybridized carbons (Fsp3) is 1.00. The Balaban J connectivity index is 2.08. The molecule has 90 valence electrons. The summed E-state index contributed by atoms with van der Waals surface area (Å²) >= 11 is 0. The molecule has 0 aromatic heterocycles. The van der Waals surface area contributed by atoms with Gasteiger partial charge in [0.05, 0.1) is 12.7 Å². The summed E-state index contributed by atoms with van der Waals surface area (Å²) in [5, 5.41) is 13.0. The van der Waals surface area contributed by atoms with Crippen LogP contribution in [0.25, 0.3) is 0 Å². The van der Waals surface area contributed by atoms with Crippen LogP contribution < -0.4 is 5.32 Å². The van der Waals surface area contributed by atoms with E-state index in [1.807, 2.05) is 0 Å². The second kappa shape index (κ2) is 7.20. The summed E-state index contributed by atoms with van der Waals surface area (Å²) in [4.78, 5) is 0. The van der Waals surface area contributed by atoms with Gasteiger partial charge in [-0.3, -0.25) is 0 Å². The Bertz CT molecular complexity index is 164. The molecule has 0 saturated heterocycles. The summed E-state index contributed by atoms with van der Waals surface area (Å²) in [7, 11) is 1.62. The van der Waals surface area contributed by atoms with Crippen LogP contribution in [-0.4, -0.2) is 37.5 Å². The number of hydrogen-bond acceptors (Lipinski definition) is 3. The third-order valence-electron chi connectivity index (χ3n) is 3.35. The number of aliphatic hydroxyl groups is 1. The first kappa shape index (κ1) is 12.9. The quantitative estimate of drug-likeness (QED) is 0.706. The Kier molecular flexibility index (Phi) is 6.22. The number of rotatable bonds is 6. The highest BCUT2D eigenvalue weighted by Crippen LogP contribution is 2.23. The maximum absolute atomic E-state index is 9.48. The molecule has 3 unspecified atom stereocenters. The zero-order chi connectivity index (χ0) is 11.1.